The lowest BCUT2D eigenvalue weighted by Gasteiger charge is -2.46. The van der Waals surface area contributed by atoms with Gasteiger partial charge in [-0.05, 0) is 13.3 Å². The lowest BCUT2D eigenvalue weighted by Crippen LogP contribution is -2.61. The van der Waals surface area contributed by atoms with Crippen LogP contribution in [0.5, 0.6) is 5.75 Å². The Morgan fingerprint density at radius 1 is 1.29 bits per heavy atom. The number of hydrogen-bond acceptors (Lipinski definition) is 6. The van der Waals surface area contributed by atoms with Gasteiger partial charge < -0.3 is 19.7 Å². The van der Waals surface area contributed by atoms with E-state index in [0.717, 1.165) is 6.20 Å². The summed E-state index contributed by atoms with van der Waals surface area (Å²) in [5.74, 6) is -2.89. The SMILES string of the molecule is CC(=O)CN1CCCN2C(=O)c3c(O)c(=O)c(C(=O)O)cn3CC12. The number of hydrogen-bond donors (Lipinski definition) is 2. The van der Waals surface area contributed by atoms with Gasteiger partial charge >= 0.3 is 5.97 Å². The summed E-state index contributed by atoms with van der Waals surface area (Å²) in [6.45, 7) is 2.92. The van der Waals surface area contributed by atoms with E-state index in [1.54, 1.807) is 0 Å². The van der Waals surface area contributed by atoms with E-state index in [1.807, 2.05) is 4.90 Å². The summed E-state index contributed by atoms with van der Waals surface area (Å²) >= 11 is 0. The molecule has 0 radical (unpaired) electrons. The highest BCUT2D eigenvalue weighted by Gasteiger charge is 2.40. The van der Waals surface area contributed by atoms with Gasteiger partial charge in [0.2, 0.25) is 5.43 Å². The Bertz CT molecular complexity index is 799. The summed E-state index contributed by atoms with van der Waals surface area (Å²) in [7, 11) is 0. The van der Waals surface area contributed by atoms with Crippen LogP contribution < -0.4 is 5.43 Å². The number of carboxylic acids is 1. The van der Waals surface area contributed by atoms with Crippen molar-refractivity contribution in [3.8, 4) is 5.75 Å². The molecule has 3 rings (SSSR count). The Balaban J connectivity index is 2.09. The Hall–Kier alpha value is -2.68. The fraction of sp³-hybridized carbons (Fsp3) is 0.467. The number of nitrogens with zero attached hydrogens (tertiary/aromatic N) is 3. The minimum absolute atomic E-state index is 0.0379. The molecule has 1 saturated heterocycles. The highest BCUT2D eigenvalue weighted by molar-refractivity contribution is 5.97. The molecule has 2 aliphatic heterocycles. The lowest BCUT2D eigenvalue weighted by molar-refractivity contribution is -0.120. The van der Waals surface area contributed by atoms with Crippen molar-refractivity contribution in [1.82, 2.24) is 14.4 Å². The summed E-state index contributed by atoms with van der Waals surface area (Å²) in [6.07, 6.45) is 1.34. The number of pyridine rings is 1. The zero-order valence-corrected chi connectivity index (χ0v) is 13.1. The van der Waals surface area contributed by atoms with E-state index in [1.165, 1.54) is 16.4 Å². The van der Waals surface area contributed by atoms with Gasteiger partial charge in [0.15, 0.2) is 11.4 Å². The standard InChI is InChI=1S/C15H17N3O6/c1-8(19)5-16-3-2-4-18-10(16)7-17-6-9(15(23)24)12(20)13(21)11(17)14(18)22/h6,10,21H,2-5,7H2,1H3,(H,23,24). The molecule has 2 aliphatic rings. The molecular weight excluding hydrogens is 318 g/mol. The molecule has 9 heteroatoms. The Morgan fingerprint density at radius 3 is 2.62 bits per heavy atom. The van der Waals surface area contributed by atoms with Crippen molar-refractivity contribution in [2.24, 2.45) is 0 Å². The van der Waals surface area contributed by atoms with Gasteiger partial charge in [-0.25, -0.2) is 4.79 Å². The maximum Gasteiger partial charge on any atom is 0.341 e. The van der Waals surface area contributed by atoms with Crippen LogP contribution >= 0.6 is 0 Å². The van der Waals surface area contributed by atoms with Gasteiger partial charge in [0, 0.05) is 19.3 Å². The van der Waals surface area contributed by atoms with E-state index in [-0.39, 0.29) is 24.6 Å². The molecular formula is C15H17N3O6. The first-order valence-electron chi connectivity index (χ1n) is 7.55. The summed E-state index contributed by atoms with van der Waals surface area (Å²) in [5.41, 5.74) is -1.87. The maximum atomic E-state index is 12.7. The summed E-state index contributed by atoms with van der Waals surface area (Å²) < 4.78 is 1.29. The van der Waals surface area contributed by atoms with Gasteiger partial charge in [0.1, 0.15) is 17.5 Å². The highest BCUT2D eigenvalue weighted by atomic mass is 16.4. The number of rotatable bonds is 3. The number of ketones is 1. The first kappa shape index (κ1) is 16.2. The molecule has 0 aromatic carbocycles. The zero-order chi connectivity index (χ0) is 17.6. The van der Waals surface area contributed by atoms with Crippen LogP contribution in [0.15, 0.2) is 11.0 Å². The van der Waals surface area contributed by atoms with Crippen LogP contribution in [0, 0.1) is 0 Å². The predicted octanol–water partition coefficient (Wildman–Crippen LogP) is -0.671. The van der Waals surface area contributed by atoms with Crippen LogP contribution in [0.2, 0.25) is 0 Å². The topological polar surface area (TPSA) is 120 Å². The van der Waals surface area contributed by atoms with Crippen molar-refractivity contribution >= 4 is 17.7 Å². The Morgan fingerprint density at radius 2 is 2.00 bits per heavy atom. The van der Waals surface area contributed by atoms with Gasteiger partial charge in [0.25, 0.3) is 5.91 Å². The molecule has 128 valence electrons. The quantitative estimate of drug-likeness (QED) is 0.751. The monoisotopic (exact) mass is 335 g/mol. The molecule has 0 aliphatic carbocycles. The molecule has 2 N–H and O–H groups in total. The number of aromatic carboxylic acids is 1. The van der Waals surface area contributed by atoms with Crippen LogP contribution in [0.4, 0.5) is 0 Å². The third-order valence-electron chi connectivity index (χ3n) is 4.36. The number of aromatic hydroxyl groups is 1. The van der Waals surface area contributed by atoms with E-state index in [2.05, 4.69) is 0 Å². The van der Waals surface area contributed by atoms with Gasteiger partial charge in [-0.1, -0.05) is 0 Å². The number of fused-ring (bicyclic) bond motifs is 2. The molecule has 0 spiro atoms. The molecule has 1 unspecified atom stereocenters. The van der Waals surface area contributed by atoms with Gasteiger partial charge in [-0.3, -0.25) is 19.3 Å². The molecule has 24 heavy (non-hydrogen) atoms. The summed E-state index contributed by atoms with van der Waals surface area (Å²) in [6, 6.07) is 0. The highest BCUT2D eigenvalue weighted by Crippen LogP contribution is 2.27. The molecule has 0 saturated carbocycles. The maximum absolute atomic E-state index is 12.7. The van der Waals surface area contributed by atoms with Gasteiger partial charge in [-0.15, -0.1) is 0 Å². The van der Waals surface area contributed by atoms with Crippen LogP contribution in [-0.4, -0.2) is 68.0 Å². The van der Waals surface area contributed by atoms with Crippen molar-refractivity contribution in [3.05, 3.63) is 27.7 Å². The first-order valence-corrected chi connectivity index (χ1v) is 7.55. The predicted molar refractivity (Wildman–Crippen MR) is 81.0 cm³/mol. The summed E-state index contributed by atoms with van der Waals surface area (Å²) in [5, 5.41) is 19.1. The molecule has 1 aromatic rings. The second kappa shape index (κ2) is 5.75. The number of carbonyl (C=O) groups excluding carboxylic acids is 2. The van der Waals surface area contributed by atoms with Crippen LogP contribution in [-0.2, 0) is 11.3 Å². The second-order valence-electron chi connectivity index (χ2n) is 6.03. The number of Topliss-reactive ketones (excluding diaryl/α,β-unsaturated/α-hetero) is 1. The van der Waals surface area contributed by atoms with Crippen LogP contribution in [0.1, 0.15) is 34.2 Å². The normalized spacial score (nSPS) is 20.5. The number of carbonyl (C=O) groups is 3. The summed E-state index contributed by atoms with van der Waals surface area (Å²) in [4.78, 5) is 50.6. The van der Waals surface area contributed by atoms with Crippen molar-refractivity contribution in [3.63, 3.8) is 0 Å². The fourth-order valence-corrected chi connectivity index (χ4v) is 3.34. The largest absolute Gasteiger partial charge is 0.503 e. The minimum atomic E-state index is -1.47. The van der Waals surface area contributed by atoms with Crippen molar-refractivity contribution in [2.45, 2.75) is 26.1 Å². The molecule has 1 amide bonds. The Labute approximate surface area is 136 Å². The van der Waals surface area contributed by atoms with Crippen molar-refractivity contribution < 1.29 is 24.6 Å². The molecule has 1 fully saturated rings. The zero-order valence-electron chi connectivity index (χ0n) is 13.1. The molecule has 9 nitrogen and oxygen atoms in total. The molecule has 1 aromatic heterocycles. The molecule has 1 atom stereocenters. The lowest BCUT2D eigenvalue weighted by atomic mass is 10.1. The smallest absolute Gasteiger partial charge is 0.341 e. The third kappa shape index (κ3) is 2.46. The Kier molecular flexibility index (Phi) is 3.88. The third-order valence-corrected chi connectivity index (χ3v) is 4.36. The minimum Gasteiger partial charge on any atom is -0.503 e. The molecule has 0 bridgehead atoms. The average Bonchev–Trinajstić information content (AvgIpc) is 2.50. The first-order chi connectivity index (χ1) is 11.3. The second-order valence-corrected chi connectivity index (χ2v) is 6.03. The number of aromatic nitrogens is 1. The van der Waals surface area contributed by atoms with E-state index < -0.39 is 34.8 Å². The van der Waals surface area contributed by atoms with E-state index in [9.17, 15) is 24.3 Å². The van der Waals surface area contributed by atoms with Crippen LogP contribution in [0.3, 0.4) is 0 Å². The van der Waals surface area contributed by atoms with Crippen LogP contribution in [0.25, 0.3) is 0 Å². The van der Waals surface area contributed by atoms with Gasteiger partial charge in [-0.2, -0.15) is 0 Å². The van der Waals surface area contributed by atoms with Crippen molar-refractivity contribution in [2.75, 3.05) is 19.6 Å². The average molecular weight is 335 g/mol. The van der Waals surface area contributed by atoms with E-state index in [4.69, 9.17) is 5.11 Å². The van der Waals surface area contributed by atoms with E-state index >= 15 is 0 Å². The van der Waals surface area contributed by atoms with Crippen molar-refractivity contribution in [1.29, 1.82) is 0 Å². The number of carboxylic acid groups (broad SMARTS) is 1. The number of amides is 1. The van der Waals surface area contributed by atoms with Gasteiger partial charge in [0.05, 0.1) is 13.1 Å². The fourth-order valence-electron chi connectivity index (χ4n) is 3.34. The molecule has 3 heterocycles. The van der Waals surface area contributed by atoms with E-state index in [0.29, 0.717) is 19.5 Å².